The van der Waals surface area contributed by atoms with Gasteiger partial charge in [-0.05, 0) is 43.5 Å². The fourth-order valence-electron chi connectivity index (χ4n) is 2.94. The second-order valence-corrected chi connectivity index (χ2v) is 6.16. The highest BCUT2D eigenvalue weighted by Gasteiger charge is 2.11. The van der Waals surface area contributed by atoms with Crippen molar-refractivity contribution in [2.75, 3.05) is 42.3 Å². The van der Waals surface area contributed by atoms with Gasteiger partial charge in [-0.15, -0.1) is 0 Å². The molecule has 0 aliphatic carbocycles. The minimum Gasteiger partial charge on any atom is -0.383 e. The van der Waals surface area contributed by atoms with E-state index in [-0.39, 0.29) is 6.03 Å². The lowest BCUT2D eigenvalue weighted by atomic mass is 10.1. The number of nitrogens with zero attached hydrogens (tertiary/aromatic N) is 3. The number of piperidine rings is 1. The van der Waals surface area contributed by atoms with E-state index in [9.17, 15) is 4.79 Å². The minimum atomic E-state index is -0.281. The number of anilines is 3. The number of amides is 2. The van der Waals surface area contributed by atoms with E-state index in [1.807, 2.05) is 12.1 Å². The number of carbonyl (C=O) groups is 1. The Bertz CT molecular complexity index is 677. The van der Waals surface area contributed by atoms with Crippen LogP contribution in [-0.4, -0.2) is 42.6 Å². The Morgan fingerprint density at radius 1 is 1.12 bits per heavy atom. The van der Waals surface area contributed by atoms with Crippen LogP contribution >= 0.6 is 0 Å². The topological polar surface area (TPSA) is 71.4 Å². The van der Waals surface area contributed by atoms with Crippen LogP contribution in [0.5, 0.6) is 0 Å². The van der Waals surface area contributed by atoms with E-state index in [0.717, 1.165) is 18.8 Å². The average Bonchev–Trinajstić information content (AvgIpc) is 3.08. The lowest BCUT2D eigenvalue weighted by Crippen LogP contribution is -2.29. The third-order valence-electron chi connectivity index (χ3n) is 4.26. The van der Waals surface area contributed by atoms with Crippen molar-refractivity contribution in [3.63, 3.8) is 0 Å². The fraction of sp³-hybridized carbons (Fsp3) is 0.444. The van der Waals surface area contributed by atoms with E-state index < -0.39 is 0 Å². The Balaban J connectivity index is 1.51. The number of nitrogens with one attached hydrogen (secondary N) is 2. The van der Waals surface area contributed by atoms with Gasteiger partial charge in [-0.3, -0.25) is 4.68 Å². The molecule has 0 spiro atoms. The van der Waals surface area contributed by atoms with Gasteiger partial charge in [0.15, 0.2) is 0 Å². The zero-order valence-corrected chi connectivity index (χ0v) is 14.6. The average molecular weight is 343 g/mol. The van der Waals surface area contributed by atoms with E-state index in [0.29, 0.717) is 18.8 Å². The molecule has 1 aromatic carbocycles. The molecule has 1 fully saturated rings. The molecule has 0 saturated carbocycles. The Morgan fingerprint density at radius 2 is 1.84 bits per heavy atom. The monoisotopic (exact) mass is 343 g/mol. The summed E-state index contributed by atoms with van der Waals surface area (Å²) in [6, 6.07) is 7.71. The van der Waals surface area contributed by atoms with Gasteiger partial charge in [-0.2, -0.15) is 5.10 Å². The molecule has 3 rings (SSSR count). The number of rotatable bonds is 6. The summed E-state index contributed by atoms with van der Waals surface area (Å²) in [6.45, 7) is 3.45. The molecule has 0 atom stereocenters. The zero-order valence-electron chi connectivity index (χ0n) is 14.6. The van der Waals surface area contributed by atoms with Gasteiger partial charge < -0.3 is 20.3 Å². The first kappa shape index (κ1) is 17.3. The van der Waals surface area contributed by atoms with Gasteiger partial charge in [0.25, 0.3) is 0 Å². The highest BCUT2D eigenvalue weighted by Crippen LogP contribution is 2.21. The van der Waals surface area contributed by atoms with Crippen LogP contribution in [0.4, 0.5) is 21.9 Å². The van der Waals surface area contributed by atoms with E-state index in [4.69, 9.17) is 4.74 Å². The summed E-state index contributed by atoms with van der Waals surface area (Å²) in [5.41, 5.74) is 2.63. The van der Waals surface area contributed by atoms with Crippen LogP contribution < -0.4 is 15.5 Å². The SMILES string of the molecule is COCCn1cc(NC(=O)Nc2ccc(N3CCCCC3)cc2)cn1. The van der Waals surface area contributed by atoms with Crippen LogP contribution in [0.3, 0.4) is 0 Å². The van der Waals surface area contributed by atoms with Crippen molar-refractivity contribution < 1.29 is 9.53 Å². The number of benzene rings is 1. The van der Waals surface area contributed by atoms with Gasteiger partial charge in [0.05, 0.1) is 25.0 Å². The molecule has 2 aromatic rings. The number of ether oxygens (including phenoxy) is 1. The van der Waals surface area contributed by atoms with Crippen LogP contribution in [-0.2, 0) is 11.3 Å². The van der Waals surface area contributed by atoms with Crippen LogP contribution in [0.15, 0.2) is 36.7 Å². The van der Waals surface area contributed by atoms with Crippen molar-refractivity contribution in [3.05, 3.63) is 36.7 Å². The van der Waals surface area contributed by atoms with Gasteiger partial charge in [-0.1, -0.05) is 0 Å². The van der Waals surface area contributed by atoms with E-state index in [2.05, 4.69) is 32.8 Å². The molecule has 1 saturated heterocycles. The van der Waals surface area contributed by atoms with Gasteiger partial charge >= 0.3 is 6.03 Å². The van der Waals surface area contributed by atoms with Gasteiger partial charge in [0, 0.05) is 37.8 Å². The zero-order chi connectivity index (χ0) is 17.5. The van der Waals surface area contributed by atoms with Gasteiger partial charge in [-0.25, -0.2) is 4.79 Å². The Hall–Kier alpha value is -2.54. The quantitative estimate of drug-likeness (QED) is 0.845. The van der Waals surface area contributed by atoms with Crippen molar-refractivity contribution in [1.29, 1.82) is 0 Å². The number of hydrogen-bond donors (Lipinski definition) is 2. The molecule has 0 radical (unpaired) electrons. The molecule has 2 N–H and O–H groups in total. The summed E-state index contributed by atoms with van der Waals surface area (Å²) in [5, 5.41) is 9.79. The molecule has 0 unspecified atom stereocenters. The minimum absolute atomic E-state index is 0.281. The van der Waals surface area contributed by atoms with Crippen molar-refractivity contribution in [1.82, 2.24) is 9.78 Å². The summed E-state index contributed by atoms with van der Waals surface area (Å²) in [7, 11) is 1.65. The number of methoxy groups -OCH3 is 1. The Morgan fingerprint density at radius 3 is 2.56 bits per heavy atom. The number of carbonyl (C=O) groups excluding carboxylic acids is 1. The van der Waals surface area contributed by atoms with E-state index in [1.165, 1.54) is 24.9 Å². The normalized spacial score (nSPS) is 14.4. The smallest absolute Gasteiger partial charge is 0.323 e. The predicted molar refractivity (Wildman–Crippen MR) is 99.3 cm³/mol. The first-order valence-corrected chi connectivity index (χ1v) is 8.69. The second-order valence-electron chi connectivity index (χ2n) is 6.16. The van der Waals surface area contributed by atoms with E-state index in [1.54, 1.807) is 24.2 Å². The number of urea groups is 1. The maximum atomic E-state index is 12.1. The molecular formula is C18H25N5O2. The summed E-state index contributed by atoms with van der Waals surface area (Å²) >= 11 is 0. The molecule has 1 aliphatic rings. The molecule has 134 valence electrons. The Kier molecular flexibility index (Phi) is 5.90. The van der Waals surface area contributed by atoms with Crippen molar-refractivity contribution in [2.45, 2.75) is 25.8 Å². The van der Waals surface area contributed by atoms with Gasteiger partial charge in [0.2, 0.25) is 0 Å². The second kappa shape index (κ2) is 8.53. The first-order chi connectivity index (χ1) is 12.2. The third kappa shape index (κ3) is 4.96. The lowest BCUT2D eigenvalue weighted by molar-refractivity contribution is 0.183. The maximum absolute atomic E-state index is 12.1. The highest BCUT2D eigenvalue weighted by atomic mass is 16.5. The molecule has 7 heteroatoms. The molecule has 2 amide bonds. The van der Waals surface area contributed by atoms with E-state index >= 15 is 0 Å². The summed E-state index contributed by atoms with van der Waals surface area (Å²) in [6.07, 6.45) is 7.21. The number of aromatic nitrogens is 2. The summed E-state index contributed by atoms with van der Waals surface area (Å²) in [4.78, 5) is 14.5. The van der Waals surface area contributed by atoms with Crippen molar-refractivity contribution in [2.24, 2.45) is 0 Å². The first-order valence-electron chi connectivity index (χ1n) is 8.69. The maximum Gasteiger partial charge on any atom is 0.323 e. The third-order valence-corrected chi connectivity index (χ3v) is 4.26. The van der Waals surface area contributed by atoms with Gasteiger partial charge in [0.1, 0.15) is 0 Å². The largest absolute Gasteiger partial charge is 0.383 e. The van der Waals surface area contributed by atoms with Crippen LogP contribution in [0.1, 0.15) is 19.3 Å². The predicted octanol–water partition coefficient (Wildman–Crippen LogP) is 3.16. The van der Waals surface area contributed by atoms with Crippen LogP contribution in [0.2, 0.25) is 0 Å². The molecular weight excluding hydrogens is 318 g/mol. The van der Waals surface area contributed by atoms with Crippen molar-refractivity contribution >= 4 is 23.1 Å². The van der Waals surface area contributed by atoms with Crippen molar-refractivity contribution in [3.8, 4) is 0 Å². The lowest BCUT2D eigenvalue weighted by Gasteiger charge is -2.28. The van der Waals surface area contributed by atoms with Crippen LogP contribution in [0, 0.1) is 0 Å². The molecule has 2 heterocycles. The molecule has 1 aromatic heterocycles. The fourth-order valence-corrected chi connectivity index (χ4v) is 2.94. The highest BCUT2D eigenvalue weighted by molar-refractivity contribution is 5.99. The summed E-state index contributed by atoms with van der Waals surface area (Å²) in [5.74, 6) is 0. The standard InChI is InChI=1S/C18H25N5O2/c1-25-12-11-23-14-16(13-19-23)21-18(24)20-15-5-7-17(8-6-15)22-9-3-2-4-10-22/h5-8,13-14H,2-4,9-12H2,1H3,(H2,20,21,24). The van der Waals surface area contributed by atoms with Crippen LogP contribution in [0.25, 0.3) is 0 Å². The molecule has 7 nitrogen and oxygen atoms in total. The summed E-state index contributed by atoms with van der Waals surface area (Å²) < 4.78 is 6.73. The molecule has 0 bridgehead atoms. The number of hydrogen-bond acceptors (Lipinski definition) is 4. The molecule has 1 aliphatic heterocycles. The molecule has 25 heavy (non-hydrogen) atoms. The Labute approximate surface area is 148 Å².